The number of hydrogen-bond acceptors (Lipinski definition) is 3. The molecule has 1 aliphatic heterocycles. The third kappa shape index (κ3) is 2.52. The van der Waals surface area contributed by atoms with E-state index >= 15 is 0 Å². The van der Waals surface area contributed by atoms with Crippen LogP contribution in [-0.2, 0) is 9.59 Å². The molecule has 1 saturated heterocycles. The van der Waals surface area contributed by atoms with Crippen molar-refractivity contribution < 1.29 is 14.7 Å². The van der Waals surface area contributed by atoms with Crippen LogP contribution in [0.3, 0.4) is 0 Å². The number of carboxylic acids is 1. The molecule has 1 heterocycles. The standard InChI is InChI=1S/C11H20N2O3/c1-4-12-5-7-13(8-6-12)9(14)11(2,3)10(15)16/h4-8H2,1-3H3,(H,15,16). The van der Waals surface area contributed by atoms with Gasteiger partial charge in [-0.3, -0.25) is 9.59 Å². The molecule has 1 fully saturated rings. The Morgan fingerprint density at radius 2 is 1.69 bits per heavy atom. The van der Waals surface area contributed by atoms with E-state index in [9.17, 15) is 9.59 Å². The number of rotatable bonds is 3. The Balaban J connectivity index is 2.60. The summed E-state index contributed by atoms with van der Waals surface area (Å²) in [7, 11) is 0. The maximum atomic E-state index is 12.0. The third-order valence-corrected chi connectivity index (χ3v) is 3.18. The number of carbonyl (C=O) groups excluding carboxylic acids is 1. The molecule has 0 spiro atoms. The highest BCUT2D eigenvalue weighted by Crippen LogP contribution is 2.20. The Morgan fingerprint density at radius 3 is 2.06 bits per heavy atom. The van der Waals surface area contributed by atoms with Crippen LogP contribution < -0.4 is 0 Å². The van der Waals surface area contributed by atoms with Crippen LogP contribution in [0.2, 0.25) is 0 Å². The van der Waals surface area contributed by atoms with Crippen LogP contribution in [0.5, 0.6) is 0 Å². The lowest BCUT2D eigenvalue weighted by atomic mass is 9.91. The summed E-state index contributed by atoms with van der Waals surface area (Å²) in [5.41, 5.74) is -1.31. The third-order valence-electron chi connectivity index (χ3n) is 3.18. The quantitative estimate of drug-likeness (QED) is 0.704. The molecule has 1 N–H and O–H groups in total. The Morgan fingerprint density at radius 1 is 1.19 bits per heavy atom. The molecule has 0 aromatic rings. The molecule has 0 saturated carbocycles. The van der Waals surface area contributed by atoms with Gasteiger partial charge in [0, 0.05) is 26.2 Å². The van der Waals surface area contributed by atoms with Gasteiger partial charge in [-0.05, 0) is 20.4 Å². The van der Waals surface area contributed by atoms with Gasteiger partial charge in [-0.2, -0.15) is 0 Å². The fourth-order valence-corrected chi connectivity index (χ4v) is 1.75. The Labute approximate surface area is 96.0 Å². The van der Waals surface area contributed by atoms with Crippen molar-refractivity contribution in [3.05, 3.63) is 0 Å². The molecule has 0 unspecified atom stereocenters. The van der Waals surface area contributed by atoms with Gasteiger partial charge in [-0.1, -0.05) is 6.92 Å². The van der Waals surface area contributed by atoms with Crippen LogP contribution in [0.4, 0.5) is 0 Å². The van der Waals surface area contributed by atoms with Gasteiger partial charge in [-0.25, -0.2) is 0 Å². The largest absolute Gasteiger partial charge is 0.480 e. The molecular formula is C11H20N2O3. The Bertz CT molecular complexity index is 281. The van der Waals surface area contributed by atoms with E-state index in [-0.39, 0.29) is 5.91 Å². The van der Waals surface area contributed by atoms with Crippen LogP contribution in [-0.4, -0.2) is 59.5 Å². The zero-order valence-corrected chi connectivity index (χ0v) is 10.2. The van der Waals surface area contributed by atoms with Gasteiger partial charge in [0.05, 0.1) is 0 Å². The Hall–Kier alpha value is -1.10. The first-order chi connectivity index (χ1) is 7.39. The van der Waals surface area contributed by atoms with E-state index in [2.05, 4.69) is 11.8 Å². The van der Waals surface area contributed by atoms with Crippen LogP contribution in [0.25, 0.3) is 0 Å². The number of aliphatic carboxylic acids is 1. The molecule has 0 aromatic carbocycles. The topological polar surface area (TPSA) is 60.9 Å². The molecule has 0 aromatic heterocycles. The molecule has 1 rings (SSSR count). The zero-order valence-electron chi connectivity index (χ0n) is 10.2. The number of likely N-dealkylation sites (N-methyl/N-ethyl adjacent to an activating group) is 1. The van der Waals surface area contributed by atoms with Gasteiger partial charge in [0.2, 0.25) is 5.91 Å². The van der Waals surface area contributed by atoms with Crippen LogP contribution >= 0.6 is 0 Å². The average molecular weight is 228 g/mol. The molecule has 0 aliphatic carbocycles. The summed E-state index contributed by atoms with van der Waals surface area (Å²) in [6, 6.07) is 0. The van der Waals surface area contributed by atoms with Crippen LogP contribution in [0, 0.1) is 5.41 Å². The van der Waals surface area contributed by atoms with Crippen molar-refractivity contribution in [3.63, 3.8) is 0 Å². The summed E-state index contributed by atoms with van der Waals surface area (Å²) in [5.74, 6) is -1.34. The van der Waals surface area contributed by atoms with Crippen LogP contribution in [0.15, 0.2) is 0 Å². The van der Waals surface area contributed by atoms with E-state index < -0.39 is 11.4 Å². The lowest BCUT2D eigenvalue weighted by Crippen LogP contribution is -2.53. The van der Waals surface area contributed by atoms with E-state index in [4.69, 9.17) is 5.11 Å². The van der Waals surface area contributed by atoms with Crippen molar-refractivity contribution >= 4 is 11.9 Å². The van der Waals surface area contributed by atoms with Gasteiger partial charge in [0.25, 0.3) is 0 Å². The van der Waals surface area contributed by atoms with Gasteiger partial charge in [0.15, 0.2) is 0 Å². The number of piperazine rings is 1. The van der Waals surface area contributed by atoms with E-state index in [1.54, 1.807) is 4.90 Å². The minimum absolute atomic E-state index is 0.282. The lowest BCUT2D eigenvalue weighted by Gasteiger charge is -2.36. The number of carbonyl (C=O) groups is 2. The summed E-state index contributed by atoms with van der Waals surface area (Å²) >= 11 is 0. The van der Waals surface area contributed by atoms with Crippen molar-refractivity contribution in [2.75, 3.05) is 32.7 Å². The molecule has 0 radical (unpaired) electrons. The molecule has 5 heteroatoms. The van der Waals surface area contributed by atoms with Crippen molar-refractivity contribution in [2.24, 2.45) is 5.41 Å². The maximum Gasteiger partial charge on any atom is 0.318 e. The molecule has 0 atom stereocenters. The predicted octanol–water partition coefficient (Wildman–Crippen LogP) is 0.261. The summed E-state index contributed by atoms with van der Waals surface area (Å²) in [6.45, 7) is 8.90. The molecule has 1 amide bonds. The SMILES string of the molecule is CCN1CCN(C(=O)C(C)(C)C(=O)O)CC1. The number of amides is 1. The highest BCUT2D eigenvalue weighted by Gasteiger charge is 2.39. The summed E-state index contributed by atoms with van der Waals surface area (Å²) < 4.78 is 0. The first kappa shape index (κ1) is 13.0. The smallest absolute Gasteiger partial charge is 0.318 e. The van der Waals surface area contributed by atoms with Gasteiger partial charge in [0.1, 0.15) is 5.41 Å². The molecule has 0 bridgehead atoms. The normalized spacial score (nSPS) is 18.6. The second-order valence-electron chi connectivity index (χ2n) is 4.66. The van der Waals surface area contributed by atoms with Crippen LogP contribution in [0.1, 0.15) is 20.8 Å². The van der Waals surface area contributed by atoms with Gasteiger partial charge < -0.3 is 14.9 Å². The van der Waals surface area contributed by atoms with Gasteiger partial charge >= 0.3 is 5.97 Å². The molecule has 92 valence electrons. The van der Waals surface area contributed by atoms with E-state index in [0.717, 1.165) is 19.6 Å². The van der Waals surface area contributed by atoms with E-state index in [0.29, 0.717) is 13.1 Å². The lowest BCUT2D eigenvalue weighted by molar-refractivity contribution is -0.159. The highest BCUT2D eigenvalue weighted by molar-refractivity contribution is 6.01. The maximum absolute atomic E-state index is 12.0. The second kappa shape index (κ2) is 4.82. The minimum Gasteiger partial charge on any atom is -0.480 e. The minimum atomic E-state index is -1.31. The zero-order chi connectivity index (χ0) is 12.3. The second-order valence-corrected chi connectivity index (χ2v) is 4.66. The molecule has 5 nitrogen and oxygen atoms in total. The summed E-state index contributed by atoms with van der Waals surface area (Å²) in [5, 5.41) is 8.98. The first-order valence-corrected chi connectivity index (χ1v) is 5.64. The van der Waals surface area contributed by atoms with E-state index in [1.165, 1.54) is 13.8 Å². The predicted molar refractivity (Wildman–Crippen MR) is 60.1 cm³/mol. The molecule has 16 heavy (non-hydrogen) atoms. The van der Waals surface area contributed by atoms with Crippen molar-refractivity contribution in [1.29, 1.82) is 0 Å². The average Bonchev–Trinajstić information content (AvgIpc) is 2.28. The van der Waals surface area contributed by atoms with Crippen molar-refractivity contribution in [3.8, 4) is 0 Å². The van der Waals surface area contributed by atoms with Gasteiger partial charge in [-0.15, -0.1) is 0 Å². The highest BCUT2D eigenvalue weighted by atomic mass is 16.4. The molecular weight excluding hydrogens is 208 g/mol. The Kier molecular flexibility index (Phi) is 3.91. The number of hydrogen-bond donors (Lipinski definition) is 1. The first-order valence-electron chi connectivity index (χ1n) is 5.64. The fraction of sp³-hybridized carbons (Fsp3) is 0.818. The van der Waals surface area contributed by atoms with Crippen molar-refractivity contribution in [1.82, 2.24) is 9.80 Å². The monoisotopic (exact) mass is 228 g/mol. The number of nitrogens with zero attached hydrogens (tertiary/aromatic N) is 2. The summed E-state index contributed by atoms with van der Waals surface area (Å²) in [6.07, 6.45) is 0. The fourth-order valence-electron chi connectivity index (χ4n) is 1.75. The van der Waals surface area contributed by atoms with E-state index in [1.807, 2.05) is 0 Å². The number of carboxylic acid groups (broad SMARTS) is 1. The summed E-state index contributed by atoms with van der Waals surface area (Å²) in [4.78, 5) is 26.9. The van der Waals surface area contributed by atoms with Crippen molar-refractivity contribution in [2.45, 2.75) is 20.8 Å². The molecule has 1 aliphatic rings.